The third-order valence-electron chi connectivity index (χ3n) is 2.04. The number of alkyl halides is 1. The second kappa shape index (κ2) is 7.32. The van der Waals surface area contributed by atoms with Gasteiger partial charge in [0, 0.05) is 11.4 Å². The van der Waals surface area contributed by atoms with Crippen LogP contribution in [0.5, 0.6) is 0 Å². The monoisotopic (exact) mass is 212 g/mol. The van der Waals surface area contributed by atoms with E-state index in [0.717, 1.165) is 11.4 Å². The maximum atomic E-state index is 12.0. The Balaban J connectivity index is 4.85. The summed E-state index contributed by atoms with van der Waals surface area (Å²) in [5, 5.41) is 0. The zero-order valence-electron chi connectivity index (χ0n) is 10.1. The first-order valence-corrected chi connectivity index (χ1v) is 5.31. The molecule has 3 heteroatoms. The lowest BCUT2D eigenvalue weighted by Crippen LogP contribution is -2.08. The lowest BCUT2D eigenvalue weighted by atomic mass is 10.0. The minimum atomic E-state index is -0.414. The van der Waals surface area contributed by atoms with Crippen LogP contribution in [0.15, 0.2) is 21.8 Å². The molecule has 0 spiro atoms. The molecule has 0 saturated carbocycles. The maximum absolute atomic E-state index is 12.0. The van der Waals surface area contributed by atoms with E-state index in [4.69, 9.17) is 0 Å². The summed E-state index contributed by atoms with van der Waals surface area (Å²) in [5.74, 6) is 0.601. The van der Waals surface area contributed by atoms with Gasteiger partial charge in [-0.2, -0.15) is 0 Å². The van der Waals surface area contributed by atoms with Gasteiger partial charge in [0.2, 0.25) is 0 Å². The first-order valence-electron chi connectivity index (χ1n) is 5.31. The van der Waals surface area contributed by atoms with Crippen molar-refractivity contribution in [2.45, 2.75) is 27.7 Å². The van der Waals surface area contributed by atoms with Crippen molar-refractivity contribution in [2.24, 2.45) is 21.8 Å². The van der Waals surface area contributed by atoms with Gasteiger partial charge in [-0.05, 0) is 24.6 Å². The number of allylic oxidation sites excluding steroid dienone is 2. The topological polar surface area (TPSA) is 24.7 Å². The average Bonchev–Trinajstić information content (AvgIpc) is 2.17. The molecular weight excluding hydrogens is 191 g/mol. The maximum Gasteiger partial charge on any atom is 0.109 e. The van der Waals surface area contributed by atoms with E-state index in [-0.39, 0.29) is 12.5 Å². The van der Waals surface area contributed by atoms with Crippen molar-refractivity contribution in [1.82, 2.24) is 0 Å². The van der Waals surface area contributed by atoms with Gasteiger partial charge in [0.25, 0.3) is 0 Å². The fraction of sp³-hybridized carbons (Fsp3) is 0.667. The third-order valence-corrected chi connectivity index (χ3v) is 2.04. The molecule has 0 unspecified atom stereocenters. The molecule has 2 nitrogen and oxygen atoms in total. The van der Waals surface area contributed by atoms with Gasteiger partial charge in [-0.3, -0.25) is 9.98 Å². The van der Waals surface area contributed by atoms with Gasteiger partial charge in [0.05, 0.1) is 6.54 Å². The van der Waals surface area contributed by atoms with Gasteiger partial charge < -0.3 is 0 Å². The van der Waals surface area contributed by atoms with E-state index < -0.39 is 6.67 Å². The van der Waals surface area contributed by atoms with Crippen molar-refractivity contribution < 1.29 is 4.39 Å². The van der Waals surface area contributed by atoms with Crippen molar-refractivity contribution in [3.8, 4) is 0 Å². The Morgan fingerprint density at radius 2 is 1.87 bits per heavy atom. The van der Waals surface area contributed by atoms with Gasteiger partial charge in [-0.15, -0.1) is 0 Å². The predicted molar refractivity (Wildman–Crippen MR) is 65.6 cm³/mol. The summed E-state index contributed by atoms with van der Waals surface area (Å²) in [6.07, 6.45) is 1.91. The molecule has 15 heavy (non-hydrogen) atoms. The van der Waals surface area contributed by atoms with Crippen LogP contribution in [0.25, 0.3) is 0 Å². The van der Waals surface area contributed by atoms with Crippen LogP contribution in [-0.2, 0) is 0 Å². The molecule has 86 valence electrons. The molecule has 0 aliphatic carbocycles. The summed E-state index contributed by atoms with van der Waals surface area (Å²) in [7, 11) is 0. The average molecular weight is 212 g/mol. The Morgan fingerprint density at radius 1 is 1.27 bits per heavy atom. The molecular formula is C12H21FN2. The highest BCUT2D eigenvalue weighted by Gasteiger charge is 2.06. The van der Waals surface area contributed by atoms with Crippen LogP contribution in [0.1, 0.15) is 27.7 Å². The Kier molecular flexibility index (Phi) is 6.84. The number of rotatable bonds is 6. The molecule has 0 saturated heterocycles. The summed E-state index contributed by atoms with van der Waals surface area (Å²) in [6.45, 7) is 11.5. The Labute approximate surface area is 92.0 Å². The molecule has 0 aliphatic rings. The zero-order chi connectivity index (χ0) is 11.8. The first-order chi connectivity index (χ1) is 7.02. The van der Waals surface area contributed by atoms with Crippen molar-refractivity contribution in [3.63, 3.8) is 0 Å². The quantitative estimate of drug-likeness (QED) is 0.604. The Hall–Kier alpha value is -0.990. The second-order valence-electron chi connectivity index (χ2n) is 4.03. The fourth-order valence-electron chi connectivity index (χ4n) is 1.11. The molecule has 0 N–H and O–H groups in total. The van der Waals surface area contributed by atoms with E-state index in [0.29, 0.717) is 5.92 Å². The number of aliphatic imine (C=N–C) groups is 2. The number of halogens is 1. The smallest absolute Gasteiger partial charge is 0.109 e. The van der Waals surface area contributed by atoms with Crippen molar-refractivity contribution in [3.05, 3.63) is 11.8 Å². The predicted octanol–water partition coefficient (Wildman–Crippen LogP) is 3.29. The molecule has 0 aliphatic heterocycles. The minimum Gasteiger partial charge on any atom is -0.287 e. The van der Waals surface area contributed by atoms with Gasteiger partial charge in [0.15, 0.2) is 0 Å². The molecule has 0 aromatic rings. The van der Waals surface area contributed by atoms with Crippen LogP contribution in [0.3, 0.4) is 0 Å². The van der Waals surface area contributed by atoms with E-state index in [1.807, 2.05) is 33.8 Å². The van der Waals surface area contributed by atoms with E-state index in [9.17, 15) is 4.39 Å². The van der Waals surface area contributed by atoms with Crippen molar-refractivity contribution >= 4 is 12.4 Å². The van der Waals surface area contributed by atoms with E-state index in [2.05, 4.69) is 16.7 Å². The highest BCUT2D eigenvalue weighted by molar-refractivity contribution is 5.97. The first kappa shape index (κ1) is 14.0. The summed E-state index contributed by atoms with van der Waals surface area (Å²) in [4.78, 5) is 8.14. The SMILES string of the molecule is C=N/C(=C\C(=NCCF)C(C)C)C(C)C. The number of nitrogens with zero attached hydrogens (tertiary/aromatic N) is 2. The van der Waals surface area contributed by atoms with Crippen LogP contribution in [0, 0.1) is 11.8 Å². The fourth-order valence-corrected chi connectivity index (χ4v) is 1.11. The lowest BCUT2D eigenvalue weighted by Gasteiger charge is -2.09. The van der Waals surface area contributed by atoms with Gasteiger partial charge in [-0.25, -0.2) is 4.39 Å². The number of hydrogen-bond acceptors (Lipinski definition) is 2. The van der Waals surface area contributed by atoms with Gasteiger partial charge in [0.1, 0.15) is 6.67 Å². The van der Waals surface area contributed by atoms with E-state index in [1.54, 1.807) is 0 Å². The minimum absolute atomic E-state index is 0.229. The molecule has 0 fully saturated rings. The third kappa shape index (κ3) is 5.45. The summed E-state index contributed by atoms with van der Waals surface area (Å²) in [6, 6.07) is 0. The van der Waals surface area contributed by atoms with E-state index in [1.165, 1.54) is 0 Å². The molecule has 0 aromatic heterocycles. The lowest BCUT2D eigenvalue weighted by molar-refractivity contribution is 0.504. The van der Waals surface area contributed by atoms with Gasteiger partial charge in [-0.1, -0.05) is 27.7 Å². The summed E-state index contributed by atoms with van der Waals surface area (Å²) < 4.78 is 12.0. The molecule has 0 radical (unpaired) electrons. The molecule has 0 aromatic carbocycles. The van der Waals surface area contributed by atoms with Crippen molar-refractivity contribution in [2.75, 3.05) is 13.2 Å². The zero-order valence-corrected chi connectivity index (χ0v) is 10.1. The molecule has 0 rings (SSSR count). The van der Waals surface area contributed by atoms with Crippen LogP contribution in [0.4, 0.5) is 4.39 Å². The molecule has 0 atom stereocenters. The Bertz CT molecular complexity index is 252. The highest BCUT2D eigenvalue weighted by atomic mass is 19.1. The summed E-state index contributed by atoms with van der Waals surface area (Å²) >= 11 is 0. The second-order valence-corrected chi connectivity index (χ2v) is 4.03. The highest BCUT2D eigenvalue weighted by Crippen LogP contribution is 2.12. The number of hydrogen-bond donors (Lipinski definition) is 0. The largest absolute Gasteiger partial charge is 0.287 e. The van der Waals surface area contributed by atoms with Crippen LogP contribution < -0.4 is 0 Å². The molecule has 0 amide bonds. The summed E-state index contributed by atoms with van der Waals surface area (Å²) in [5.41, 5.74) is 1.80. The normalized spacial score (nSPS) is 13.8. The van der Waals surface area contributed by atoms with E-state index >= 15 is 0 Å². The standard InChI is InChI=1S/C12H21FN2/c1-9(2)11(14-5)8-12(10(3)4)15-7-6-13/h8-10H,5-7H2,1-4H3/b11-8-,15-12?. The van der Waals surface area contributed by atoms with Crippen LogP contribution in [-0.4, -0.2) is 25.6 Å². The Morgan fingerprint density at radius 3 is 2.20 bits per heavy atom. The molecule has 0 bridgehead atoms. The van der Waals surface area contributed by atoms with Gasteiger partial charge >= 0.3 is 0 Å². The van der Waals surface area contributed by atoms with Crippen LogP contribution in [0.2, 0.25) is 0 Å². The van der Waals surface area contributed by atoms with Crippen LogP contribution >= 0.6 is 0 Å². The molecule has 0 heterocycles. The van der Waals surface area contributed by atoms with Crippen molar-refractivity contribution in [1.29, 1.82) is 0 Å².